The van der Waals surface area contributed by atoms with E-state index in [0.29, 0.717) is 11.1 Å². The lowest BCUT2D eigenvalue weighted by atomic mass is 9.99. The molecule has 0 heterocycles. The summed E-state index contributed by atoms with van der Waals surface area (Å²) in [5.41, 5.74) is 5.66. The van der Waals surface area contributed by atoms with Gasteiger partial charge in [0, 0.05) is 12.1 Å². The summed E-state index contributed by atoms with van der Waals surface area (Å²) in [6.07, 6.45) is 4.86. The lowest BCUT2D eigenvalue weighted by Gasteiger charge is -2.18. The summed E-state index contributed by atoms with van der Waals surface area (Å²) in [7, 11) is 0. The summed E-state index contributed by atoms with van der Waals surface area (Å²) >= 11 is 0. The zero-order valence-electron chi connectivity index (χ0n) is 17.8. The molecule has 1 atom stereocenters. The van der Waals surface area contributed by atoms with E-state index in [1.165, 1.54) is 0 Å². The van der Waals surface area contributed by atoms with Crippen molar-refractivity contribution in [2.24, 2.45) is 0 Å². The molecule has 8 nitrogen and oxygen atoms in total. The monoisotopic (exact) mass is 442 g/mol. The Hall–Kier alpha value is -4.64. The van der Waals surface area contributed by atoms with Crippen molar-refractivity contribution in [1.82, 2.24) is 21.5 Å². The van der Waals surface area contributed by atoms with Crippen molar-refractivity contribution in [3.05, 3.63) is 83.4 Å². The number of rotatable bonds is 5. The minimum atomic E-state index is -1.09. The Labute approximate surface area is 190 Å². The van der Waals surface area contributed by atoms with Crippen LogP contribution in [0, 0.1) is 12.3 Å². The van der Waals surface area contributed by atoms with Gasteiger partial charge >= 0.3 is 17.7 Å². The van der Waals surface area contributed by atoms with Gasteiger partial charge in [0.1, 0.15) is 0 Å². The number of fused-ring (bicyclic) bond motifs is 1. The highest BCUT2D eigenvalue weighted by Crippen LogP contribution is 2.24. The molecule has 0 radical (unpaired) electrons. The van der Waals surface area contributed by atoms with E-state index in [0.717, 1.165) is 16.3 Å². The van der Waals surface area contributed by atoms with E-state index >= 15 is 0 Å². The fraction of sp³-hybridized carbons (Fsp3) is 0.120. The van der Waals surface area contributed by atoms with Gasteiger partial charge in [-0.15, -0.1) is 6.42 Å². The van der Waals surface area contributed by atoms with Crippen LogP contribution in [0.25, 0.3) is 10.8 Å². The van der Waals surface area contributed by atoms with E-state index in [9.17, 15) is 19.2 Å². The van der Waals surface area contributed by atoms with E-state index in [1.807, 2.05) is 60.2 Å². The average Bonchev–Trinajstić information content (AvgIpc) is 2.85. The van der Waals surface area contributed by atoms with Crippen molar-refractivity contribution >= 4 is 34.4 Å². The number of hydrazine groups is 1. The highest BCUT2D eigenvalue weighted by Gasteiger charge is 2.18. The Balaban J connectivity index is 1.67. The predicted molar refractivity (Wildman–Crippen MR) is 123 cm³/mol. The Morgan fingerprint density at radius 1 is 0.879 bits per heavy atom. The van der Waals surface area contributed by atoms with Crippen molar-refractivity contribution in [3.63, 3.8) is 0 Å². The molecule has 3 rings (SSSR count). The molecular formula is C25H22N4O4. The maximum atomic E-state index is 13.0. The van der Waals surface area contributed by atoms with Gasteiger partial charge in [0.15, 0.2) is 0 Å². The van der Waals surface area contributed by atoms with Crippen LogP contribution in [-0.2, 0) is 20.9 Å². The van der Waals surface area contributed by atoms with Crippen LogP contribution < -0.4 is 21.5 Å². The standard InChI is InChI=1S/C25H22N4O4/c1-3-22(30)28-29-25(33)24(32)26-15-18-10-5-7-13-21(18)23(31)27-16(2)19-14-8-11-17-9-4-6-12-20(17)19/h1,4-14,16H,15H2,2H3,(H,26,32)(H,27,31)(H,28,30)(H,29,33)/t16-/m1/s1. The third-order valence-corrected chi connectivity index (χ3v) is 4.97. The van der Waals surface area contributed by atoms with Gasteiger partial charge in [0.05, 0.1) is 6.04 Å². The van der Waals surface area contributed by atoms with E-state index in [-0.39, 0.29) is 18.5 Å². The number of amides is 4. The molecule has 0 fully saturated rings. The lowest BCUT2D eigenvalue weighted by Crippen LogP contribution is -2.48. The maximum absolute atomic E-state index is 13.0. The van der Waals surface area contributed by atoms with Crippen LogP contribution in [-0.4, -0.2) is 23.6 Å². The van der Waals surface area contributed by atoms with Crippen LogP contribution in [0.1, 0.15) is 34.5 Å². The summed E-state index contributed by atoms with van der Waals surface area (Å²) in [5.74, 6) is -1.56. The molecule has 4 amide bonds. The molecule has 0 aliphatic carbocycles. The number of terminal acetylenes is 1. The number of nitrogens with one attached hydrogen (secondary N) is 4. The highest BCUT2D eigenvalue weighted by atomic mass is 16.2. The molecule has 8 heteroatoms. The normalized spacial score (nSPS) is 11.0. The molecule has 0 aromatic heterocycles. The Morgan fingerprint density at radius 3 is 2.36 bits per heavy atom. The number of carbonyl (C=O) groups excluding carboxylic acids is 4. The Bertz CT molecular complexity index is 1260. The topological polar surface area (TPSA) is 116 Å². The molecule has 3 aromatic rings. The average molecular weight is 442 g/mol. The fourth-order valence-corrected chi connectivity index (χ4v) is 3.34. The summed E-state index contributed by atoms with van der Waals surface area (Å²) in [6, 6.07) is 20.3. The van der Waals surface area contributed by atoms with Crippen molar-refractivity contribution in [1.29, 1.82) is 0 Å². The number of benzene rings is 3. The second-order valence-corrected chi connectivity index (χ2v) is 7.16. The lowest BCUT2D eigenvalue weighted by molar-refractivity contribution is -0.140. The zero-order valence-corrected chi connectivity index (χ0v) is 17.8. The molecule has 166 valence electrons. The van der Waals surface area contributed by atoms with Gasteiger partial charge in [-0.05, 0) is 40.8 Å². The third-order valence-electron chi connectivity index (χ3n) is 4.97. The minimum absolute atomic E-state index is 0.0679. The van der Waals surface area contributed by atoms with Gasteiger partial charge in [-0.25, -0.2) is 0 Å². The van der Waals surface area contributed by atoms with Gasteiger partial charge in [-0.3, -0.25) is 30.0 Å². The minimum Gasteiger partial charge on any atom is -0.345 e. The van der Waals surface area contributed by atoms with Gasteiger partial charge in [-0.2, -0.15) is 0 Å². The van der Waals surface area contributed by atoms with Crippen LogP contribution in [0.15, 0.2) is 66.7 Å². The first-order valence-corrected chi connectivity index (χ1v) is 10.1. The van der Waals surface area contributed by atoms with E-state index in [2.05, 4.69) is 10.6 Å². The first-order chi connectivity index (χ1) is 15.9. The molecular weight excluding hydrogens is 420 g/mol. The maximum Gasteiger partial charge on any atom is 0.327 e. The van der Waals surface area contributed by atoms with Gasteiger partial charge < -0.3 is 10.6 Å². The van der Waals surface area contributed by atoms with Gasteiger partial charge in [0.25, 0.3) is 5.91 Å². The van der Waals surface area contributed by atoms with Crippen LogP contribution in [0.2, 0.25) is 0 Å². The quantitative estimate of drug-likeness (QED) is 0.274. The van der Waals surface area contributed by atoms with Crippen LogP contribution in [0.4, 0.5) is 0 Å². The Morgan fingerprint density at radius 2 is 1.58 bits per heavy atom. The molecule has 0 aliphatic heterocycles. The van der Waals surface area contributed by atoms with Crippen LogP contribution in [0.5, 0.6) is 0 Å². The number of hydrogen-bond donors (Lipinski definition) is 4. The second-order valence-electron chi connectivity index (χ2n) is 7.16. The third kappa shape index (κ3) is 5.74. The summed E-state index contributed by atoms with van der Waals surface area (Å²) < 4.78 is 0. The molecule has 33 heavy (non-hydrogen) atoms. The SMILES string of the molecule is C#CC(=O)NNC(=O)C(=O)NCc1ccccc1C(=O)N[C@H](C)c1cccc2ccccc12. The van der Waals surface area contributed by atoms with Gasteiger partial charge in [-0.1, -0.05) is 60.7 Å². The largest absolute Gasteiger partial charge is 0.345 e. The molecule has 0 bridgehead atoms. The molecule has 0 saturated carbocycles. The molecule has 4 N–H and O–H groups in total. The zero-order chi connectivity index (χ0) is 23.8. The van der Waals surface area contributed by atoms with E-state index < -0.39 is 17.7 Å². The first-order valence-electron chi connectivity index (χ1n) is 10.1. The van der Waals surface area contributed by atoms with Crippen LogP contribution >= 0.6 is 0 Å². The van der Waals surface area contributed by atoms with Gasteiger partial charge in [0.2, 0.25) is 0 Å². The molecule has 0 spiro atoms. The molecule has 0 aliphatic rings. The second kappa shape index (κ2) is 10.6. The fourth-order valence-electron chi connectivity index (χ4n) is 3.34. The number of carbonyl (C=O) groups is 4. The smallest absolute Gasteiger partial charge is 0.327 e. The Kier molecular flexibility index (Phi) is 7.39. The summed E-state index contributed by atoms with van der Waals surface area (Å²) in [5, 5.41) is 7.54. The molecule has 3 aromatic carbocycles. The van der Waals surface area contributed by atoms with Crippen LogP contribution in [0.3, 0.4) is 0 Å². The van der Waals surface area contributed by atoms with Crippen molar-refractivity contribution < 1.29 is 19.2 Å². The first kappa shape index (κ1) is 23.0. The van der Waals surface area contributed by atoms with E-state index in [1.54, 1.807) is 30.2 Å². The van der Waals surface area contributed by atoms with Crippen molar-refractivity contribution in [2.75, 3.05) is 0 Å². The van der Waals surface area contributed by atoms with E-state index in [4.69, 9.17) is 6.42 Å². The molecule has 0 saturated heterocycles. The predicted octanol–water partition coefficient (Wildman–Crippen LogP) is 1.73. The van der Waals surface area contributed by atoms with Crippen molar-refractivity contribution in [2.45, 2.75) is 19.5 Å². The highest BCUT2D eigenvalue weighted by molar-refractivity contribution is 6.35. The summed E-state index contributed by atoms with van der Waals surface area (Å²) in [4.78, 5) is 47.7. The number of hydrogen-bond acceptors (Lipinski definition) is 4. The van der Waals surface area contributed by atoms with Crippen molar-refractivity contribution in [3.8, 4) is 12.3 Å². The molecule has 0 unspecified atom stereocenters. The summed E-state index contributed by atoms with van der Waals surface area (Å²) in [6.45, 7) is 1.83.